The van der Waals surface area contributed by atoms with Crippen LogP contribution in [0.2, 0.25) is 0 Å². The molecule has 0 spiro atoms. The molecule has 0 radical (unpaired) electrons. The van der Waals surface area contributed by atoms with Crippen LogP contribution in [0, 0.1) is 5.92 Å². The first-order chi connectivity index (χ1) is 9.73. The lowest BCUT2D eigenvalue weighted by atomic mass is 9.77. The van der Waals surface area contributed by atoms with Crippen LogP contribution in [0.3, 0.4) is 0 Å². The normalized spacial score (nSPS) is 27.1. The SMILES string of the molecule is CN(C)CC1COCCC1(O)c1cccc(C(F)(F)F)c1. The number of aliphatic hydroxyl groups is 1. The molecular formula is C15H20F3NO2. The van der Waals surface area contributed by atoms with E-state index in [1.54, 1.807) is 6.07 Å². The minimum absolute atomic E-state index is 0.260. The van der Waals surface area contributed by atoms with E-state index >= 15 is 0 Å². The molecule has 1 aliphatic rings. The molecule has 1 heterocycles. The molecule has 0 amide bonds. The number of halogens is 3. The molecule has 6 heteroatoms. The Morgan fingerprint density at radius 1 is 1.38 bits per heavy atom. The second-order valence-electron chi connectivity index (χ2n) is 5.79. The molecule has 118 valence electrons. The monoisotopic (exact) mass is 303 g/mol. The van der Waals surface area contributed by atoms with Gasteiger partial charge in [-0.05, 0) is 31.8 Å². The quantitative estimate of drug-likeness (QED) is 0.931. The topological polar surface area (TPSA) is 32.7 Å². The van der Waals surface area contributed by atoms with Crippen molar-refractivity contribution < 1.29 is 23.0 Å². The highest BCUT2D eigenvalue weighted by molar-refractivity contribution is 5.31. The van der Waals surface area contributed by atoms with E-state index < -0.39 is 17.3 Å². The Labute approximate surface area is 122 Å². The van der Waals surface area contributed by atoms with Crippen LogP contribution in [0.4, 0.5) is 13.2 Å². The highest BCUT2D eigenvalue weighted by Crippen LogP contribution is 2.39. The van der Waals surface area contributed by atoms with E-state index in [-0.39, 0.29) is 5.92 Å². The number of hydrogen-bond acceptors (Lipinski definition) is 3. The summed E-state index contributed by atoms with van der Waals surface area (Å²) in [5, 5.41) is 11.0. The van der Waals surface area contributed by atoms with E-state index in [0.717, 1.165) is 12.1 Å². The Kier molecular flexibility index (Phi) is 4.60. The van der Waals surface area contributed by atoms with Crippen molar-refractivity contribution in [1.29, 1.82) is 0 Å². The number of benzene rings is 1. The average Bonchev–Trinajstić information content (AvgIpc) is 2.40. The number of alkyl halides is 3. The Balaban J connectivity index is 2.36. The van der Waals surface area contributed by atoms with Gasteiger partial charge in [-0.2, -0.15) is 13.2 Å². The molecular weight excluding hydrogens is 283 g/mol. The third-order valence-electron chi connectivity index (χ3n) is 3.90. The third-order valence-corrected chi connectivity index (χ3v) is 3.90. The Morgan fingerprint density at radius 2 is 2.10 bits per heavy atom. The summed E-state index contributed by atoms with van der Waals surface area (Å²) < 4.78 is 43.9. The molecule has 0 aromatic heterocycles. The largest absolute Gasteiger partial charge is 0.416 e. The van der Waals surface area contributed by atoms with Crippen molar-refractivity contribution in [3.05, 3.63) is 35.4 Å². The van der Waals surface area contributed by atoms with Crippen LogP contribution in [0.5, 0.6) is 0 Å². The summed E-state index contributed by atoms with van der Waals surface area (Å²) in [5.41, 5.74) is -1.71. The summed E-state index contributed by atoms with van der Waals surface area (Å²) in [7, 11) is 3.72. The predicted molar refractivity (Wildman–Crippen MR) is 72.8 cm³/mol. The van der Waals surface area contributed by atoms with Gasteiger partial charge in [-0.15, -0.1) is 0 Å². The molecule has 1 aromatic rings. The van der Waals surface area contributed by atoms with Gasteiger partial charge in [0.05, 0.1) is 17.8 Å². The van der Waals surface area contributed by atoms with Crippen LogP contribution in [0.15, 0.2) is 24.3 Å². The number of nitrogens with zero attached hydrogens (tertiary/aromatic N) is 1. The molecule has 0 bridgehead atoms. The maximum absolute atomic E-state index is 12.9. The molecule has 3 nitrogen and oxygen atoms in total. The molecule has 1 fully saturated rings. The molecule has 2 atom stereocenters. The van der Waals surface area contributed by atoms with Crippen molar-refractivity contribution in [2.45, 2.75) is 18.2 Å². The first-order valence-electron chi connectivity index (χ1n) is 6.86. The highest BCUT2D eigenvalue weighted by atomic mass is 19.4. The van der Waals surface area contributed by atoms with Gasteiger partial charge in [-0.3, -0.25) is 0 Å². The number of ether oxygens (including phenoxy) is 1. The lowest BCUT2D eigenvalue weighted by molar-refractivity contribution is -0.139. The van der Waals surface area contributed by atoms with Crippen molar-refractivity contribution in [2.75, 3.05) is 33.9 Å². The van der Waals surface area contributed by atoms with Crippen LogP contribution >= 0.6 is 0 Å². The lowest BCUT2D eigenvalue weighted by Gasteiger charge is -2.41. The fourth-order valence-electron chi connectivity index (χ4n) is 2.78. The first-order valence-corrected chi connectivity index (χ1v) is 6.86. The molecule has 0 saturated carbocycles. The van der Waals surface area contributed by atoms with Crippen LogP contribution in [-0.4, -0.2) is 43.9 Å². The van der Waals surface area contributed by atoms with Crippen molar-refractivity contribution in [3.8, 4) is 0 Å². The highest BCUT2D eigenvalue weighted by Gasteiger charge is 2.42. The van der Waals surface area contributed by atoms with Gasteiger partial charge in [0.2, 0.25) is 0 Å². The van der Waals surface area contributed by atoms with Crippen LogP contribution in [-0.2, 0) is 16.5 Å². The standard InChI is InChI=1S/C15H20F3NO2/c1-19(2)9-13-10-21-7-6-14(13,20)11-4-3-5-12(8-11)15(16,17)18/h3-5,8,13,20H,6-7,9-10H2,1-2H3. The van der Waals surface area contributed by atoms with Gasteiger partial charge >= 0.3 is 6.18 Å². The van der Waals surface area contributed by atoms with Crippen molar-refractivity contribution >= 4 is 0 Å². The van der Waals surface area contributed by atoms with E-state index in [0.29, 0.717) is 31.7 Å². The third kappa shape index (κ3) is 3.56. The van der Waals surface area contributed by atoms with E-state index in [2.05, 4.69) is 0 Å². The van der Waals surface area contributed by atoms with Crippen LogP contribution in [0.1, 0.15) is 17.5 Å². The van der Waals surface area contributed by atoms with E-state index in [9.17, 15) is 18.3 Å². The Bertz CT molecular complexity index is 490. The summed E-state index contributed by atoms with van der Waals surface area (Å²) in [6.45, 7) is 1.23. The first kappa shape index (κ1) is 16.3. The molecule has 1 aliphatic heterocycles. The van der Waals surface area contributed by atoms with E-state index in [1.165, 1.54) is 6.07 Å². The molecule has 2 rings (SSSR count). The summed E-state index contributed by atoms with van der Waals surface area (Å²) in [6, 6.07) is 4.97. The second kappa shape index (κ2) is 5.94. The number of hydrogen-bond donors (Lipinski definition) is 1. The smallest absolute Gasteiger partial charge is 0.385 e. The average molecular weight is 303 g/mol. The van der Waals surface area contributed by atoms with Gasteiger partial charge in [0.1, 0.15) is 0 Å². The van der Waals surface area contributed by atoms with Gasteiger partial charge in [0.25, 0.3) is 0 Å². The molecule has 2 unspecified atom stereocenters. The molecule has 0 aliphatic carbocycles. The lowest BCUT2D eigenvalue weighted by Crippen LogP contribution is -2.47. The fraction of sp³-hybridized carbons (Fsp3) is 0.600. The Hall–Kier alpha value is -1.11. The summed E-state index contributed by atoms with van der Waals surface area (Å²) in [6.07, 6.45) is -4.11. The predicted octanol–water partition coefficient (Wildman–Crippen LogP) is 2.49. The van der Waals surface area contributed by atoms with Gasteiger partial charge in [0.15, 0.2) is 0 Å². The molecule has 1 N–H and O–H groups in total. The van der Waals surface area contributed by atoms with Crippen molar-refractivity contribution in [3.63, 3.8) is 0 Å². The summed E-state index contributed by atoms with van der Waals surface area (Å²) in [5.74, 6) is -0.260. The fourth-order valence-corrected chi connectivity index (χ4v) is 2.78. The molecule has 1 aromatic carbocycles. The maximum atomic E-state index is 12.9. The van der Waals surface area contributed by atoms with Crippen molar-refractivity contribution in [2.24, 2.45) is 5.92 Å². The zero-order chi connectivity index (χ0) is 15.7. The zero-order valence-corrected chi connectivity index (χ0v) is 12.2. The summed E-state index contributed by atoms with van der Waals surface area (Å²) >= 11 is 0. The summed E-state index contributed by atoms with van der Waals surface area (Å²) in [4.78, 5) is 1.90. The minimum Gasteiger partial charge on any atom is -0.385 e. The molecule has 21 heavy (non-hydrogen) atoms. The maximum Gasteiger partial charge on any atom is 0.416 e. The van der Waals surface area contributed by atoms with Crippen molar-refractivity contribution in [1.82, 2.24) is 4.90 Å². The van der Waals surface area contributed by atoms with Gasteiger partial charge in [-0.25, -0.2) is 0 Å². The second-order valence-corrected chi connectivity index (χ2v) is 5.79. The van der Waals surface area contributed by atoms with E-state index in [1.807, 2.05) is 19.0 Å². The Morgan fingerprint density at radius 3 is 2.71 bits per heavy atom. The van der Waals surface area contributed by atoms with Gasteiger partial charge in [-0.1, -0.05) is 12.1 Å². The van der Waals surface area contributed by atoms with Gasteiger partial charge < -0.3 is 14.7 Å². The van der Waals surface area contributed by atoms with Gasteiger partial charge in [0, 0.05) is 25.5 Å². The van der Waals surface area contributed by atoms with E-state index in [4.69, 9.17) is 4.74 Å². The zero-order valence-electron chi connectivity index (χ0n) is 12.2. The molecule has 1 saturated heterocycles. The van der Waals surface area contributed by atoms with Crippen LogP contribution in [0.25, 0.3) is 0 Å². The minimum atomic E-state index is -4.41. The van der Waals surface area contributed by atoms with Crippen LogP contribution < -0.4 is 0 Å². The number of rotatable bonds is 3.